The molecule has 1 heterocycles. The maximum absolute atomic E-state index is 12.2. The quantitative estimate of drug-likeness (QED) is 0.597. The average molecular weight is 418 g/mol. The minimum atomic E-state index is -1.06. The summed E-state index contributed by atoms with van der Waals surface area (Å²) in [6.07, 6.45) is 1.86. The average Bonchev–Trinajstić information content (AvgIpc) is 2.85. The zero-order valence-corrected chi connectivity index (χ0v) is 18.3. The number of aliphatic hydroxyl groups is 1. The molecule has 1 saturated heterocycles. The van der Waals surface area contributed by atoms with Gasteiger partial charge in [-0.3, -0.25) is 4.90 Å². The van der Waals surface area contributed by atoms with Crippen LogP contribution in [0.1, 0.15) is 29.5 Å². The first-order chi connectivity index (χ1) is 15.1. The van der Waals surface area contributed by atoms with Gasteiger partial charge in [0.1, 0.15) is 17.1 Å². The lowest BCUT2D eigenvalue weighted by molar-refractivity contribution is -0.0153. The minimum Gasteiger partial charge on any atom is -0.497 e. The van der Waals surface area contributed by atoms with Gasteiger partial charge in [0, 0.05) is 6.54 Å². The van der Waals surface area contributed by atoms with Crippen LogP contribution in [0.25, 0.3) is 0 Å². The van der Waals surface area contributed by atoms with Gasteiger partial charge in [0.25, 0.3) is 0 Å². The number of piperidine rings is 1. The molecule has 162 valence electrons. The maximum atomic E-state index is 12.2. The van der Waals surface area contributed by atoms with Gasteiger partial charge in [-0.25, -0.2) is 0 Å². The minimum absolute atomic E-state index is 0.126. The van der Waals surface area contributed by atoms with Crippen LogP contribution in [-0.4, -0.2) is 37.3 Å². The van der Waals surface area contributed by atoms with Crippen molar-refractivity contribution in [3.05, 3.63) is 95.6 Å². The lowest BCUT2D eigenvalue weighted by Crippen LogP contribution is -2.44. The molecule has 0 aromatic heterocycles. The van der Waals surface area contributed by atoms with E-state index in [-0.39, 0.29) is 5.92 Å². The second-order valence-corrected chi connectivity index (χ2v) is 8.26. The monoisotopic (exact) mass is 417 g/mol. The summed E-state index contributed by atoms with van der Waals surface area (Å²) in [4.78, 5) is 2.48. The summed E-state index contributed by atoms with van der Waals surface area (Å²) in [6.45, 7) is 2.89. The number of likely N-dealkylation sites (tertiary alicyclic amines) is 1. The molecule has 0 amide bonds. The van der Waals surface area contributed by atoms with Gasteiger partial charge >= 0.3 is 0 Å². The van der Waals surface area contributed by atoms with Gasteiger partial charge in [-0.1, -0.05) is 54.6 Å². The van der Waals surface area contributed by atoms with Crippen LogP contribution in [0.2, 0.25) is 0 Å². The number of nitrogens with zero attached hydrogens (tertiary/aromatic N) is 1. The summed E-state index contributed by atoms with van der Waals surface area (Å²) in [7, 11) is 3.32. The van der Waals surface area contributed by atoms with Crippen molar-refractivity contribution in [3.8, 4) is 11.5 Å². The predicted octanol–water partition coefficient (Wildman–Crippen LogP) is 4.85. The van der Waals surface area contributed by atoms with Crippen molar-refractivity contribution in [1.82, 2.24) is 4.90 Å². The third-order valence-corrected chi connectivity index (χ3v) is 6.49. The molecule has 1 aliphatic heterocycles. The summed E-state index contributed by atoms with van der Waals surface area (Å²) in [5.74, 6) is 1.71. The Hall–Kier alpha value is -2.82. The lowest BCUT2D eigenvalue weighted by Gasteiger charge is -2.42. The fraction of sp³-hybridized carbons (Fsp3) is 0.333. The van der Waals surface area contributed by atoms with Crippen LogP contribution >= 0.6 is 0 Å². The number of methoxy groups -OCH3 is 2. The molecule has 3 aromatic carbocycles. The Bertz CT molecular complexity index is 899. The number of rotatable bonds is 7. The summed E-state index contributed by atoms with van der Waals surface area (Å²) < 4.78 is 10.7. The van der Waals surface area contributed by atoms with Gasteiger partial charge in [-0.05, 0) is 72.8 Å². The molecule has 1 N–H and O–H groups in total. The van der Waals surface area contributed by atoms with Crippen LogP contribution in [0.15, 0.2) is 78.9 Å². The third kappa shape index (κ3) is 4.60. The second kappa shape index (κ2) is 9.54. The molecular formula is C27H31NO3. The van der Waals surface area contributed by atoms with Crippen LogP contribution in [0.5, 0.6) is 11.5 Å². The Balaban J connectivity index is 1.58. The van der Waals surface area contributed by atoms with Crippen molar-refractivity contribution in [2.24, 2.45) is 5.92 Å². The van der Waals surface area contributed by atoms with Crippen molar-refractivity contribution in [2.75, 3.05) is 27.3 Å². The maximum Gasteiger partial charge on any atom is 0.118 e. The molecule has 0 aliphatic carbocycles. The first kappa shape index (κ1) is 21.4. The molecule has 31 heavy (non-hydrogen) atoms. The molecule has 0 atom stereocenters. The van der Waals surface area contributed by atoms with E-state index in [1.54, 1.807) is 14.2 Å². The van der Waals surface area contributed by atoms with Crippen LogP contribution < -0.4 is 9.47 Å². The first-order valence-electron chi connectivity index (χ1n) is 10.9. The Morgan fingerprint density at radius 1 is 0.774 bits per heavy atom. The van der Waals surface area contributed by atoms with Gasteiger partial charge < -0.3 is 14.6 Å². The molecule has 4 heteroatoms. The van der Waals surface area contributed by atoms with E-state index in [2.05, 4.69) is 35.2 Å². The standard InChI is InChI=1S/C27H31NO3/c1-30-25-12-8-22(9-13-25)27(29,23-10-14-26(31-2)15-11-23)24-16-18-28(19-17-24)20-21-6-4-3-5-7-21/h3-15,24,29H,16-20H2,1-2H3. The fourth-order valence-corrected chi connectivity index (χ4v) is 4.68. The van der Waals surface area contributed by atoms with Crippen molar-refractivity contribution in [2.45, 2.75) is 25.0 Å². The van der Waals surface area contributed by atoms with Crippen molar-refractivity contribution in [1.29, 1.82) is 0 Å². The summed E-state index contributed by atoms with van der Waals surface area (Å²) in [5.41, 5.74) is 2.08. The Morgan fingerprint density at radius 2 is 1.26 bits per heavy atom. The van der Waals surface area contributed by atoms with Gasteiger partial charge in [-0.15, -0.1) is 0 Å². The topological polar surface area (TPSA) is 41.9 Å². The molecule has 0 radical (unpaired) electrons. The smallest absolute Gasteiger partial charge is 0.118 e. The van der Waals surface area contributed by atoms with E-state index in [0.717, 1.165) is 55.1 Å². The highest BCUT2D eigenvalue weighted by Gasteiger charge is 2.41. The molecule has 1 fully saturated rings. The van der Waals surface area contributed by atoms with E-state index in [1.165, 1.54) is 5.56 Å². The van der Waals surface area contributed by atoms with E-state index in [4.69, 9.17) is 9.47 Å². The van der Waals surface area contributed by atoms with Gasteiger partial charge in [0.05, 0.1) is 14.2 Å². The molecule has 3 aromatic rings. The number of ether oxygens (including phenoxy) is 2. The Labute approximate surface area is 185 Å². The predicted molar refractivity (Wildman–Crippen MR) is 123 cm³/mol. The molecule has 4 nitrogen and oxygen atoms in total. The van der Waals surface area contributed by atoms with Crippen molar-refractivity contribution >= 4 is 0 Å². The molecule has 0 bridgehead atoms. The normalized spacial score (nSPS) is 15.6. The van der Waals surface area contributed by atoms with Gasteiger partial charge in [0.15, 0.2) is 0 Å². The number of hydrogen-bond acceptors (Lipinski definition) is 4. The summed E-state index contributed by atoms with van der Waals surface area (Å²) >= 11 is 0. The summed E-state index contributed by atoms with van der Waals surface area (Å²) in [6, 6.07) is 26.2. The molecule has 0 saturated carbocycles. The first-order valence-corrected chi connectivity index (χ1v) is 10.9. The van der Waals surface area contributed by atoms with E-state index < -0.39 is 5.60 Å². The van der Waals surface area contributed by atoms with Crippen LogP contribution in [0, 0.1) is 5.92 Å². The van der Waals surface area contributed by atoms with Crippen LogP contribution in [-0.2, 0) is 12.1 Å². The molecule has 0 spiro atoms. The zero-order valence-electron chi connectivity index (χ0n) is 18.3. The van der Waals surface area contributed by atoms with E-state index >= 15 is 0 Å². The number of benzene rings is 3. The third-order valence-electron chi connectivity index (χ3n) is 6.49. The highest BCUT2D eigenvalue weighted by atomic mass is 16.5. The van der Waals surface area contributed by atoms with Crippen molar-refractivity contribution < 1.29 is 14.6 Å². The van der Waals surface area contributed by atoms with E-state index in [9.17, 15) is 5.11 Å². The van der Waals surface area contributed by atoms with Gasteiger partial charge in [0.2, 0.25) is 0 Å². The molecule has 4 rings (SSSR count). The highest BCUT2D eigenvalue weighted by molar-refractivity contribution is 5.41. The van der Waals surface area contributed by atoms with Crippen LogP contribution in [0.3, 0.4) is 0 Å². The zero-order chi connectivity index (χ0) is 21.7. The fourth-order valence-electron chi connectivity index (χ4n) is 4.68. The largest absolute Gasteiger partial charge is 0.497 e. The van der Waals surface area contributed by atoms with E-state index in [0.29, 0.717) is 0 Å². The number of hydrogen-bond donors (Lipinski definition) is 1. The Kier molecular flexibility index (Phi) is 6.59. The van der Waals surface area contributed by atoms with Crippen molar-refractivity contribution in [3.63, 3.8) is 0 Å². The SMILES string of the molecule is COc1ccc(C(O)(c2ccc(OC)cc2)C2CCN(Cc3ccccc3)CC2)cc1. The van der Waals surface area contributed by atoms with Gasteiger partial charge in [-0.2, -0.15) is 0 Å². The highest BCUT2D eigenvalue weighted by Crippen LogP contribution is 2.43. The summed E-state index contributed by atoms with van der Waals surface area (Å²) in [5, 5.41) is 12.2. The van der Waals surface area contributed by atoms with E-state index in [1.807, 2.05) is 48.5 Å². The lowest BCUT2D eigenvalue weighted by atomic mass is 9.72. The second-order valence-electron chi connectivity index (χ2n) is 8.26. The molecular weight excluding hydrogens is 386 g/mol. The van der Waals surface area contributed by atoms with Crippen LogP contribution in [0.4, 0.5) is 0 Å². The Morgan fingerprint density at radius 3 is 1.71 bits per heavy atom. The molecule has 0 unspecified atom stereocenters. The molecule has 1 aliphatic rings.